The van der Waals surface area contributed by atoms with E-state index in [9.17, 15) is 0 Å². The van der Waals surface area contributed by atoms with E-state index in [-0.39, 0.29) is 0 Å². The summed E-state index contributed by atoms with van der Waals surface area (Å²) in [4.78, 5) is 13.7. The van der Waals surface area contributed by atoms with E-state index in [4.69, 9.17) is 11.6 Å². The molecule has 2 fully saturated rings. The summed E-state index contributed by atoms with van der Waals surface area (Å²) in [6.45, 7) is 3.84. The highest BCUT2D eigenvalue weighted by molar-refractivity contribution is 6.30. The van der Waals surface area contributed by atoms with Gasteiger partial charge in [-0.3, -0.25) is 0 Å². The lowest BCUT2D eigenvalue weighted by Gasteiger charge is -2.36. The van der Waals surface area contributed by atoms with E-state index in [1.165, 1.54) is 18.5 Å². The van der Waals surface area contributed by atoms with Crippen LogP contribution in [0, 0.1) is 0 Å². The Morgan fingerprint density at radius 2 is 1.83 bits per heavy atom. The van der Waals surface area contributed by atoms with Crippen LogP contribution in [0.3, 0.4) is 0 Å². The molecule has 0 spiro atoms. The fourth-order valence-electron chi connectivity index (χ4n) is 2.87. The second-order valence-electron chi connectivity index (χ2n) is 6.11. The minimum Gasteiger partial charge on any atom is -0.368 e. The summed E-state index contributed by atoms with van der Waals surface area (Å²) in [5.74, 6) is 1.76. The Balaban J connectivity index is 1.41. The summed E-state index contributed by atoms with van der Waals surface area (Å²) in [6.07, 6.45) is 4.30. The number of aromatic nitrogens is 2. The molecule has 6 heteroatoms. The van der Waals surface area contributed by atoms with Crippen LogP contribution in [0.5, 0.6) is 0 Å². The first-order valence-corrected chi connectivity index (χ1v) is 8.51. The fourth-order valence-corrected chi connectivity index (χ4v) is 3.06. The van der Waals surface area contributed by atoms with Crippen LogP contribution < -0.4 is 15.1 Å². The second-order valence-corrected chi connectivity index (χ2v) is 6.55. The molecule has 1 saturated carbocycles. The molecule has 0 amide bonds. The molecule has 1 aliphatic carbocycles. The van der Waals surface area contributed by atoms with Crippen molar-refractivity contribution in [3.05, 3.63) is 41.6 Å². The van der Waals surface area contributed by atoms with Gasteiger partial charge in [-0.05, 0) is 37.1 Å². The Morgan fingerprint density at radius 3 is 2.57 bits per heavy atom. The molecule has 2 aromatic rings. The monoisotopic (exact) mass is 329 g/mol. The van der Waals surface area contributed by atoms with Gasteiger partial charge in [-0.25, -0.2) is 4.98 Å². The highest BCUT2D eigenvalue weighted by atomic mass is 35.5. The number of hydrogen-bond donors (Lipinski definition) is 1. The van der Waals surface area contributed by atoms with Crippen LogP contribution in [0.1, 0.15) is 12.8 Å². The van der Waals surface area contributed by atoms with E-state index in [0.29, 0.717) is 6.04 Å². The van der Waals surface area contributed by atoms with Crippen molar-refractivity contribution in [2.45, 2.75) is 18.9 Å². The van der Waals surface area contributed by atoms with Crippen molar-refractivity contribution < 1.29 is 0 Å². The van der Waals surface area contributed by atoms with Crippen molar-refractivity contribution >= 4 is 29.1 Å². The Kier molecular flexibility index (Phi) is 3.95. The third-order valence-electron chi connectivity index (χ3n) is 4.33. The smallest absolute Gasteiger partial charge is 0.224 e. The third kappa shape index (κ3) is 3.50. The maximum atomic E-state index is 6.09. The van der Waals surface area contributed by atoms with Gasteiger partial charge in [0.05, 0.1) is 0 Å². The zero-order chi connectivity index (χ0) is 15.6. The molecule has 2 aliphatic rings. The van der Waals surface area contributed by atoms with Crippen molar-refractivity contribution in [3.8, 4) is 0 Å². The minimum absolute atomic E-state index is 0.574. The van der Waals surface area contributed by atoms with Crippen molar-refractivity contribution in [3.63, 3.8) is 0 Å². The molecule has 0 unspecified atom stereocenters. The molecular formula is C17H20ClN5. The van der Waals surface area contributed by atoms with E-state index in [1.807, 2.05) is 30.5 Å². The first kappa shape index (κ1) is 14.6. The molecule has 4 rings (SSSR count). The Labute approximate surface area is 141 Å². The highest BCUT2D eigenvalue weighted by Crippen LogP contribution is 2.25. The molecular weight excluding hydrogens is 310 g/mol. The van der Waals surface area contributed by atoms with Gasteiger partial charge in [-0.15, -0.1) is 0 Å². The minimum atomic E-state index is 0.574. The molecule has 1 aromatic carbocycles. The van der Waals surface area contributed by atoms with Crippen LogP contribution in [0.25, 0.3) is 0 Å². The number of nitrogens with one attached hydrogen (secondary N) is 1. The molecule has 2 heterocycles. The summed E-state index contributed by atoms with van der Waals surface area (Å²) >= 11 is 6.09. The highest BCUT2D eigenvalue weighted by Gasteiger charge is 2.23. The van der Waals surface area contributed by atoms with E-state index in [0.717, 1.165) is 43.0 Å². The zero-order valence-electron chi connectivity index (χ0n) is 13.0. The number of hydrogen-bond acceptors (Lipinski definition) is 5. The quantitative estimate of drug-likeness (QED) is 0.934. The molecule has 23 heavy (non-hydrogen) atoms. The molecule has 0 radical (unpaired) electrons. The summed E-state index contributed by atoms with van der Waals surface area (Å²) in [5, 5.41) is 4.15. The lowest BCUT2D eigenvalue weighted by Crippen LogP contribution is -2.46. The Hall–Kier alpha value is -2.01. The van der Waals surface area contributed by atoms with Gasteiger partial charge in [0.15, 0.2) is 0 Å². The lowest BCUT2D eigenvalue weighted by atomic mass is 10.2. The Morgan fingerprint density at radius 1 is 1.04 bits per heavy atom. The van der Waals surface area contributed by atoms with Crippen LogP contribution in [0.4, 0.5) is 17.5 Å². The van der Waals surface area contributed by atoms with Crippen molar-refractivity contribution in [2.24, 2.45) is 0 Å². The van der Waals surface area contributed by atoms with E-state index < -0.39 is 0 Å². The van der Waals surface area contributed by atoms with Crippen LogP contribution in [0.15, 0.2) is 36.5 Å². The third-order valence-corrected chi connectivity index (χ3v) is 4.56. The predicted octanol–water partition coefficient (Wildman–Crippen LogP) is 3.03. The molecule has 0 bridgehead atoms. The Bertz CT molecular complexity index is 680. The van der Waals surface area contributed by atoms with Gasteiger partial charge in [-0.2, -0.15) is 4.98 Å². The maximum absolute atomic E-state index is 6.09. The number of nitrogens with zero attached hydrogens (tertiary/aromatic N) is 4. The number of rotatable bonds is 4. The van der Waals surface area contributed by atoms with Crippen molar-refractivity contribution in [2.75, 3.05) is 41.3 Å². The SMILES string of the molecule is Clc1cccc(N2CCN(c3ccnc(NC4CC4)n3)CC2)c1. The molecule has 120 valence electrons. The molecule has 0 atom stereocenters. The van der Waals surface area contributed by atoms with Gasteiger partial charge in [0, 0.05) is 49.1 Å². The van der Waals surface area contributed by atoms with Crippen LogP contribution in [0.2, 0.25) is 5.02 Å². The number of piperazine rings is 1. The van der Waals surface area contributed by atoms with Gasteiger partial charge in [0.1, 0.15) is 5.82 Å². The average Bonchev–Trinajstić information content (AvgIpc) is 3.39. The van der Waals surface area contributed by atoms with Crippen molar-refractivity contribution in [1.82, 2.24) is 9.97 Å². The van der Waals surface area contributed by atoms with Gasteiger partial charge in [-0.1, -0.05) is 17.7 Å². The number of halogens is 1. The van der Waals surface area contributed by atoms with Gasteiger partial charge in [0.25, 0.3) is 0 Å². The lowest BCUT2D eigenvalue weighted by molar-refractivity contribution is 0.647. The first-order valence-electron chi connectivity index (χ1n) is 8.13. The van der Waals surface area contributed by atoms with Crippen LogP contribution in [-0.2, 0) is 0 Å². The predicted molar refractivity (Wildman–Crippen MR) is 94.6 cm³/mol. The zero-order valence-corrected chi connectivity index (χ0v) is 13.7. The second kappa shape index (κ2) is 6.24. The standard InChI is InChI=1S/C17H20ClN5/c18-13-2-1-3-15(12-13)22-8-10-23(11-9-22)16-6-7-19-17(21-16)20-14-4-5-14/h1-3,6-7,12,14H,4-5,8-11H2,(H,19,20,21). The number of anilines is 3. The van der Waals surface area contributed by atoms with Gasteiger partial charge in [0.2, 0.25) is 5.95 Å². The number of benzene rings is 1. The van der Waals surface area contributed by atoms with E-state index in [1.54, 1.807) is 0 Å². The average molecular weight is 330 g/mol. The van der Waals surface area contributed by atoms with Gasteiger partial charge < -0.3 is 15.1 Å². The normalized spacial score (nSPS) is 18.1. The largest absolute Gasteiger partial charge is 0.368 e. The topological polar surface area (TPSA) is 44.3 Å². The van der Waals surface area contributed by atoms with Gasteiger partial charge >= 0.3 is 0 Å². The molecule has 1 aromatic heterocycles. The summed E-state index contributed by atoms with van der Waals surface area (Å²) < 4.78 is 0. The molecule has 1 aliphatic heterocycles. The maximum Gasteiger partial charge on any atom is 0.224 e. The molecule has 5 nitrogen and oxygen atoms in total. The molecule has 1 N–H and O–H groups in total. The first-order chi connectivity index (χ1) is 11.3. The molecule has 1 saturated heterocycles. The summed E-state index contributed by atoms with van der Waals surface area (Å²) in [5.41, 5.74) is 1.19. The van der Waals surface area contributed by atoms with Crippen LogP contribution in [-0.4, -0.2) is 42.2 Å². The fraction of sp³-hybridized carbons (Fsp3) is 0.412. The summed E-state index contributed by atoms with van der Waals surface area (Å²) in [6, 6.07) is 10.6. The van der Waals surface area contributed by atoms with Crippen LogP contribution >= 0.6 is 11.6 Å². The summed E-state index contributed by atoms with van der Waals surface area (Å²) in [7, 11) is 0. The van der Waals surface area contributed by atoms with Crippen molar-refractivity contribution in [1.29, 1.82) is 0 Å². The van der Waals surface area contributed by atoms with E-state index in [2.05, 4.69) is 31.2 Å². The van der Waals surface area contributed by atoms with E-state index >= 15 is 0 Å².